The molecule has 1 aromatic rings. The minimum absolute atomic E-state index is 0.0507. The summed E-state index contributed by atoms with van der Waals surface area (Å²) in [6.07, 6.45) is 0.0393. The number of rotatable bonds is 7. The Balaban J connectivity index is 1.93. The molecule has 13 nitrogen and oxygen atoms in total. The number of nitrogens with one attached hydrogen (secondary N) is 2. The van der Waals surface area contributed by atoms with Crippen molar-refractivity contribution in [2.45, 2.75) is 71.2 Å². The fourth-order valence-corrected chi connectivity index (χ4v) is 5.64. The maximum absolute atomic E-state index is 13.4. The highest BCUT2D eigenvalue weighted by molar-refractivity contribution is 7.10. The van der Waals surface area contributed by atoms with Crippen LogP contribution < -0.4 is 5.32 Å². The van der Waals surface area contributed by atoms with Gasteiger partial charge < -0.3 is 19.3 Å². The molecule has 0 radical (unpaired) electrons. The first-order valence-electron chi connectivity index (χ1n) is 13.2. The van der Waals surface area contributed by atoms with E-state index in [1.807, 2.05) is 5.38 Å². The van der Waals surface area contributed by atoms with E-state index in [2.05, 4.69) is 11.9 Å². The van der Waals surface area contributed by atoms with Crippen molar-refractivity contribution in [2.75, 3.05) is 33.8 Å². The molecule has 3 heterocycles. The van der Waals surface area contributed by atoms with Crippen molar-refractivity contribution >= 4 is 41.4 Å². The van der Waals surface area contributed by atoms with E-state index in [-0.39, 0.29) is 25.5 Å². The topological polar surface area (TPSA) is 145 Å². The van der Waals surface area contributed by atoms with Gasteiger partial charge in [-0.05, 0) is 58.9 Å². The van der Waals surface area contributed by atoms with Gasteiger partial charge in [0.15, 0.2) is 0 Å². The fraction of sp³-hybridized carbons (Fsp3) is 0.593. The van der Waals surface area contributed by atoms with E-state index in [0.717, 1.165) is 15.3 Å². The molecule has 3 rings (SSSR count). The highest BCUT2D eigenvalue weighted by Crippen LogP contribution is 2.48. The zero-order valence-electron chi connectivity index (χ0n) is 24.9. The lowest BCUT2D eigenvalue weighted by molar-refractivity contribution is -0.133. The van der Waals surface area contributed by atoms with Crippen LogP contribution in [0, 0.1) is 5.41 Å². The van der Waals surface area contributed by atoms with Gasteiger partial charge >= 0.3 is 18.2 Å². The summed E-state index contributed by atoms with van der Waals surface area (Å²) in [6, 6.07) is -1.70. The summed E-state index contributed by atoms with van der Waals surface area (Å²) in [6.45, 7) is 14.2. The van der Waals surface area contributed by atoms with E-state index in [1.165, 1.54) is 26.2 Å². The van der Waals surface area contributed by atoms with Crippen LogP contribution in [0.2, 0.25) is 0 Å². The number of amides is 5. The van der Waals surface area contributed by atoms with Gasteiger partial charge in [-0.25, -0.2) is 19.3 Å². The van der Waals surface area contributed by atoms with Gasteiger partial charge in [-0.2, -0.15) is 5.06 Å². The molecule has 226 valence electrons. The second-order valence-electron chi connectivity index (χ2n) is 11.9. The summed E-state index contributed by atoms with van der Waals surface area (Å²) >= 11 is 1.40. The number of carbonyl (C=O) groups is 4. The number of hydrogen-bond donors (Lipinski definition) is 2. The minimum Gasteiger partial charge on any atom is -0.444 e. The Kier molecular flexibility index (Phi) is 9.38. The summed E-state index contributed by atoms with van der Waals surface area (Å²) in [7, 11) is 3.25. The van der Waals surface area contributed by atoms with E-state index < -0.39 is 47.5 Å². The minimum atomic E-state index is -0.886. The van der Waals surface area contributed by atoms with E-state index in [4.69, 9.17) is 19.7 Å². The van der Waals surface area contributed by atoms with Gasteiger partial charge in [0, 0.05) is 31.1 Å². The number of ether oxygens (including phenoxy) is 2. The van der Waals surface area contributed by atoms with Gasteiger partial charge in [0.05, 0.1) is 13.2 Å². The van der Waals surface area contributed by atoms with Gasteiger partial charge in [0.1, 0.15) is 23.3 Å². The lowest BCUT2D eigenvalue weighted by Crippen LogP contribution is -2.50. The van der Waals surface area contributed by atoms with Crippen molar-refractivity contribution < 1.29 is 33.5 Å². The molecule has 5 amide bonds. The number of hydrogen-bond acceptors (Lipinski definition) is 9. The zero-order chi connectivity index (χ0) is 30.9. The Morgan fingerprint density at radius 2 is 1.80 bits per heavy atom. The average Bonchev–Trinajstić information content (AvgIpc) is 3.35. The Morgan fingerprint density at radius 3 is 2.37 bits per heavy atom. The van der Waals surface area contributed by atoms with Crippen LogP contribution in [-0.4, -0.2) is 94.8 Å². The lowest BCUT2D eigenvalue weighted by atomic mass is 9.93. The highest BCUT2D eigenvalue weighted by Gasteiger charge is 2.52. The van der Waals surface area contributed by atoms with Gasteiger partial charge in [-0.3, -0.25) is 20.4 Å². The molecule has 2 bridgehead atoms. The molecular formula is C27H40N6O7S. The maximum atomic E-state index is 13.4. The van der Waals surface area contributed by atoms with Gasteiger partial charge in [0.25, 0.3) is 0 Å². The first kappa shape index (κ1) is 31.9. The van der Waals surface area contributed by atoms with Crippen LogP contribution >= 0.6 is 11.3 Å². The molecule has 1 aromatic heterocycles. The van der Waals surface area contributed by atoms with Crippen molar-refractivity contribution in [3.8, 4) is 0 Å². The Morgan fingerprint density at radius 1 is 1.17 bits per heavy atom. The molecule has 2 atom stereocenters. The normalized spacial score (nSPS) is 18.0. The molecule has 0 spiro atoms. The van der Waals surface area contributed by atoms with E-state index in [0.29, 0.717) is 12.1 Å². The standard InChI is InChI=1S/C27H40N6O7S/c1-10-13-38-33-17-14-32(24(33)36)19(21(34)30(8)9)18-16(15-41-20(17)18)11-12-31(25(37)40-27(5,6)7)22(28)29-23(35)39-26(2,3)4/h10,15,17,19H,1,11-14H2,2-9H3,(H2,28,29,35)/t17-,19+/m1/s1. The number of carbonyl (C=O) groups excluding carboxylic acids is 4. The number of urea groups is 1. The summed E-state index contributed by atoms with van der Waals surface area (Å²) in [4.78, 5) is 62.5. The summed E-state index contributed by atoms with van der Waals surface area (Å²) in [5, 5.41) is 13.9. The largest absolute Gasteiger partial charge is 0.444 e. The molecule has 2 N–H and O–H groups in total. The third-order valence-electron chi connectivity index (χ3n) is 6.03. The van der Waals surface area contributed by atoms with Crippen LogP contribution in [-0.2, 0) is 25.5 Å². The van der Waals surface area contributed by atoms with Crippen LogP contribution in [0.25, 0.3) is 0 Å². The second kappa shape index (κ2) is 12.1. The predicted molar refractivity (Wildman–Crippen MR) is 152 cm³/mol. The van der Waals surface area contributed by atoms with Crippen molar-refractivity contribution in [1.82, 2.24) is 25.1 Å². The molecular weight excluding hydrogens is 552 g/mol. The molecule has 2 aliphatic heterocycles. The van der Waals surface area contributed by atoms with E-state index >= 15 is 0 Å². The Bertz CT molecular complexity index is 1220. The third kappa shape index (κ3) is 7.36. The third-order valence-corrected chi connectivity index (χ3v) is 7.18. The fourth-order valence-electron chi connectivity index (χ4n) is 4.43. The number of likely N-dealkylation sites (N-methyl/N-ethyl adjacent to an activating group) is 1. The zero-order valence-corrected chi connectivity index (χ0v) is 25.7. The van der Waals surface area contributed by atoms with Crippen LogP contribution in [0.1, 0.15) is 69.6 Å². The van der Waals surface area contributed by atoms with Crippen molar-refractivity contribution in [3.05, 3.63) is 34.0 Å². The van der Waals surface area contributed by atoms with Gasteiger partial charge in [-0.1, -0.05) is 6.08 Å². The quantitative estimate of drug-likeness (QED) is 0.276. The second-order valence-corrected chi connectivity index (χ2v) is 12.8. The van der Waals surface area contributed by atoms with Crippen molar-refractivity contribution in [2.24, 2.45) is 0 Å². The molecule has 1 saturated heterocycles. The van der Waals surface area contributed by atoms with Crippen LogP contribution in [0.15, 0.2) is 18.0 Å². The number of thiophene rings is 1. The molecule has 41 heavy (non-hydrogen) atoms. The summed E-state index contributed by atoms with van der Waals surface area (Å²) < 4.78 is 10.7. The molecule has 2 aliphatic rings. The molecule has 1 fully saturated rings. The van der Waals surface area contributed by atoms with Gasteiger partial charge in [-0.15, -0.1) is 17.9 Å². The number of alkyl carbamates (subject to hydrolysis) is 1. The average molecular weight is 593 g/mol. The molecule has 0 aliphatic carbocycles. The highest BCUT2D eigenvalue weighted by atomic mass is 32.1. The molecule has 0 saturated carbocycles. The predicted octanol–water partition coefficient (Wildman–Crippen LogP) is 4.03. The SMILES string of the molecule is C=CCON1C(=O)N2C[C@@H]1c1scc(CCN(C(=N)NC(=O)OC(C)(C)C)C(=O)OC(C)(C)C)c1[C@H]2C(=O)N(C)C. The van der Waals surface area contributed by atoms with Crippen molar-refractivity contribution in [1.29, 1.82) is 5.41 Å². The molecule has 0 aromatic carbocycles. The maximum Gasteiger partial charge on any atom is 0.417 e. The van der Waals surface area contributed by atoms with Crippen LogP contribution in [0.5, 0.6) is 0 Å². The van der Waals surface area contributed by atoms with E-state index in [9.17, 15) is 19.2 Å². The Hall–Kier alpha value is -3.65. The van der Waals surface area contributed by atoms with Crippen molar-refractivity contribution in [3.63, 3.8) is 0 Å². The first-order valence-corrected chi connectivity index (χ1v) is 14.1. The molecule has 14 heteroatoms. The summed E-state index contributed by atoms with van der Waals surface area (Å²) in [5.74, 6) is -0.784. The van der Waals surface area contributed by atoms with Crippen LogP contribution in [0.3, 0.4) is 0 Å². The Labute approximate surface area is 244 Å². The monoisotopic (exact) mass is 592 g/mol. The smallest absolute Gasteiger partial charge is 0.417 e. The number of fused-ring (bicyclic) bond motifs is 4. The number of nitrogens with zero attached hydrogens (tertiary/aromatic N) is 4. The van der Waals surface area contributed by atoms with Gasteiger partial charge in [0.2, 0.25) is 11.9 Å². The van der Waals surface area contributed by atoms with Crippen LogP contribution in [0.4, 0.5) is 14.4 Å². The lowest BCUT2D eigenvalue weighted by Gasteiger charge is -2.33. The first-order chi connectivity index (χ1) is 18.9. The van der Waals surface area contributed by atoms with E-state index in [1.54, 1.807) is 61.7 Å². The molecule has 0 unspecified atom stereocenters. The number of guanidine groups is 1. The summed E-state index contributed by atoms with van der Waals surface area (Å²) in [5.41, 5.74) is -0.246. The number of hydroxylamine groups is 2.